The summed E-state index contributed by atoms with van der Waals surface area (Å²) in [6, 6.07) is 2.47. The number of halogens is 3. The molecule has 1 aromatic carbocycles. The van der Waals surface area contributed by atoms with Crippen LogP contribution in [0.4, 0.5) is 13.2 Å². The van der Waals surface area contributed by atoms with Gasteiger partial charge in [0.1, 0.15) is 6.04 Å². The largest absolute Gasteiger partial charge is 0.480 e. The van der Waals surface area contributed by atoms with Crippen LogP contribution in [0.2, 0.25) is 0 Å². The summed E-state index contributed by atoms with van der Waals surface area (Å²) in [7, 11) is 0. The van der Waals surface area contributed by atoms with Crippen molar-refractivity contribution in [2.45, 2.75) is 25.6 Å². The van der Waals surface area contributed by atoms with E-state index in [1.54, 1.807) is 0 Å². The Morgan fingerprint density at radius 2 is 2.06 bits per heavy atom. The molecule has 3 nitrogen and oxygen atoms in total. The van der Waals surface area contributed by atoms with Crippen molar-refractivity contribution in [2.75, 3.05) is 0 Å². The number of carboxylic acids is 1. The Balaban J connectivity index is 3.07. The molecule has 0 aliphatic rings. The zero-order valence-electron chi connectivity index (χ0n) is 9.08. The van der Waals surface area contributed by atoms with Gasteiger partial charge in [-0.25, -0.2) is 0 Å². The molecule has 94 valence electrons. The molecular weight excluding hydrogens is 235 g/mol. The van der Waals surface area contributed by atoms with Crippen LogP contribution in [-0.4, -0.2) is 17.1 Å². The van der Waals surface area contributed by atoms with E-state index < -0.39 is 23.8 Å². The van der Waals surface area contributed by atoms with E-state index in [-0.39, 0.29) is 12.0 Å². The van der Waals surface area contributed by atoms with E-state index in [9.17, 15) is 18.0 Å². The Bertz CT molecular complexity index is 429. The van der Waals surface area contributed by atoms with E-state index in [1.165, 1.54) is 19.1 Å². The summed E-state index contributed by atoms with van der Waals surface area (Å²) >= 11 is 0. The van der Waals surface area contributed by atoms with Gasteiger partial charge in [0.05, 0.1) is 5.56 Å². The van der Waals surface area contributed by atoms with Crippen LogP contribution in [0, 0.1) is 6.92 Å². The molecule has 0 heterocycles. The predicted octanol–water partition coefficient (Wildman–Crippen LogP) is 1.97. The second kappa shape index (κ2) is 4.75. The molecule has 1 atom stereocenters. The first-order chi connectivity index (χ1) is 7.73. The Hall–Kier alpha value is -1.56. The molecule has 1 unspecified atom stereocenters. The molecule has 0 saturated heterocycles. The van der Waals surface area contributed by atoms with Crippen LogP contribution in [-0.2, 0) is 17.4 Å². The second-order valence-electron chi connectivity index (χ2n) is 3.74. The molecule has 1 rings (SSSR count). The van der Waals surface area contributed by atoms with E-state index in [1.807, 2.05) is 0 Å². The lowest BCUT2D eigenvalue weighted by molar-refractivity contribution is -0.138. The average molecular weight is 247 g/mol. The monoisotopic (exact) mass is 247 g/mol. The van der Waals surface area contributed by atoms with Gasteiger partial charge in [-0.1, -0.05) is 12.1 Å². The minimum absolute atomic E-state index is 0.0247. The molecule has 0 radical (unpaired) electrons. The molecule has 0 saturated carbocycles. The number of alkyl halides is 3. The first-order valence-corrected chi connectivity index (χ1v) is 4.87. The number of carboxylic acid groups (broad SMARTS) is 1. The third kappa shape index (κ3) is 3.20. The summed E-state index contributed by atoms with van der Waals surface area (Å²) < 4.78 is 37.7. The highest BCUT2D eigenvalue weighted by atomic mass is 19.4. The molecule has 0 aliphatic heterocycles. The molecule has 17 heavy (non-hydrogen) atoms. The molecule has 0 fully saturated rings. The maximum atomic E-state index is 12.6. The van der Waals surface area contributed by atoms with Crippen LogP contribution in [0.1, 0.15) is 16.7 Å². The lowest BCUT2D eigenvalue weighted by atomic mass is 9.97. The zero-order valence-corrected chi connectivity index (χ0v) is 9.08. The minimum Gasteiger partial charge on any atom is -0.480 e. The first-order valence-electron chi connectivity index (χ1n) is 4.87. The van der Waals surface area contributed by atoms with E-state index >= 15 is 0 Å². The summed E-state index contributed by atoms with van der Waals surface area (Å²) in [4.78, 5) is 10.5. The predicted molar refractivity (Wildman–Crippen MR) is 55.5 cm³/mol. The second-order valence-corrected chi connectivity index (χ2v) is 3.74. The standard InChI is InChI=1S/C11H12F3NO2/c1-6-7(5-9(15)10(16)17)3-2-4-8(6)11(12,13)14/h2-4,9H,5,15H2,1H3,(H,16,17). The fourth-order valence-corrected chi connectivity index (χ4v) is 1.54. The molecule has 0 bridgehead atoms. The number of rotatable bonds is 3. The van der Waals surface area contributed by atoms with Gasteiger partial charge in [0.15, 0.2) is 0 Å². The SMILES string of the molecule is Cc1c(CC(N)C(=O)O)cccc1C(F)(F)F. The molecule has 6 heteroatoms. The van der Waals surface area contributed by atoms with Gasteiger partial charge >= 0.3 is 12.1 Å². The Kier molecular flexibility index (Phi) is 3.77. The van der Waals surface area contributed by atoms with Gasteiger partial charge in [0.25, 0.3) is 0 Å². The number of hydrogen-bond donors (Lipinski definition) is 2. The van der Waals surface area contributed by atoms with Crippen LogP contribution >= 0.6 is 0 Å². The van der Waals surface area contributed by atoms with E-state index in [4.69, 9.17) is 10.8 Å². The van der Waals surface area contributed by atoms with Crippen molar-refractivity contribution >= 4 is 5.97 Å². The summed E-state index contributed by atoms with van der Waals surface area (Å²) in [5.41, 5.74) is 4.86. The fourth-order valence-electron chi connectivity index (χ4n) is 1.54. The summed E-state index contributed by atoms with van der Waals surface area (Å²) in [5.74, 6) is -1.23. The third-order valence-corrected chi connectivity index (χ3v) is 2.51. The Labute approximate surface area is 96.0 Å². The van der Waals surface area contributed by atoms with Gasteiger partial charge in [-0.3, -0.25) is 4.79 Å². The lowest BCUT2D eigenvalue weighted by Gasteiger charge is -2.15. The van der Waals surface area contributed by atoms with Crippen molar-refractivity contribution in [1.29, 1.82) is 0 Å². The van der Waals surface area contributed by atoms with Crippen LogP contribution in [0.5, 0.6) is 0 Å². The number of hydrogen-bond acceptors (Lipinski definition) is 2. The van der Waals surface area contributed by atoms with Crippen molar-refractivity contribution < 1.29 is 23.1 Å². The minimum atomic E-state index is -4.44. The lowest BCUT2D eigenvalue weighted by Crippen LogP contribution is -2.32. The van der Waals surface area contributed by atoms with E-state index in [0.717, 1.165) is 6.07 Å². The maximum absolute atomic E-state index is 12.6. The van der Waals surface area contributed by atoms with E-state index in [2.05, 4.69) is 0 Å². The van der Waals surface area contributed by atoms with Gasteiger partial charge in [-0.15, -0.1) is 0 Å². The molecule has 0 spiro atoms. The smallest absolute Gasteiger partial charge is 0.416 e. The van der Waals surface area contributed by atoms with Gasteiger partial charge in [0.2, 0.25) is 0 Å². The Morgan fingerprint density at radius 1 is 1.47 bits per heavy atom. The highest BCUT2D eigenvalue weighted by molar-refractivity contribution is 5.73. The molecule has 0 aliphatic carbocycles. The summed E-state index contributed by atoms with van der Waals surface area (Å²) in [6.07, 6.45) is -4.56. The van der Waals surface area contributed by atoms with Crippen molar-refractivity contribution in [3.05, 3.63) is 34.9 Å². The topological polar surface area (TPSA) is 63.3 Å². The quantitative estimate of drug-likeness (QED) is 0.858. The van der Waals surface area contributed by atoms with Crippen LogP contribution in [0.3, 0.4) is 0 Å². The van der Waals surface area contributed by atoms with E-state index in [0.29, 0.717) is 5.56 Å². The summed E-state index contributed by atoms with van der Waals surface area (Å²) in [6.45, 7) is 1.31. The number of benzene rings is 1. The average Bonchev–Trinajstić information content (AvgIpc) is 2.19. The van der Waals surface area contributed by atoms with Crippen LogP contribution in [0.25, 0.3) is 0 Å². The third-order valence-electron chi connectivity index (χ3n) is 2.51. The molecule has 0 aromatic heterocycles. The molecular formula is C11H12F3NO2. The maximum Gasteiger partial charge on any atom is 0.416 e. The molecule has 1 aromatic rings. The number of aliphatic carboxylic acids is 1. The first kappa shape index (κ1) is 13.5. The van der Waals surface area contributed by atoms with Gasteiger partial charge in [0, 0.05) is 0 Å². The zero-order chi connectivity index (χ0) is 13.2. The van der Waals surface area contributed by atoms with Crippen molar-refractivity contribution in [3.63, 3.8) is 0 Å². The number of nitrogens with two attached hydrogens (primary N) is 1. The highest BCUT2D eigenvalue weighted by Gasteiger charge is 2.33. The fraction of sp³-hybridized carbons (Fsp3) is 0.364. The van der Waals surface area contributed by atoms with Crippen molar-refractivity contribution in [3.8, 4) is 0 Å². The Morgan fingerprint density at radius 3 is 2.53 bits per heavy atom. The van der Waals surface area contributed by atoms with Gasteiger partial charge in [-0.05, 0) is 30.5 Å². The normalized spacial score (nSPS) is 13.5. The van der Waals surface area contributed by atoms with Crippen LogP contribution in [0.15, 0.2) is 18.2 Å². The highest BCUT2D eigenvalue weighted by Crippen LogP contribution is 2.33. The van der Waals surface area contributed by atoms with Crippen molar-refractivity contribution in [1.82, 2.24) is 0 Å². The summed E-state index contributed by atoms with van der Waals surface area (Å²) in [5, 5.41) is 8.62. The van der Waals surface area contributed by atoms with Gasteiger partial charge < -0.3 is 10.8 Å². The van der Waals surface area contributed by atoms with Gasteiger partial charge in [-0.2, -0.15) is 13.2 Å². The van der Waals surface area contributed by atoms with Crippen LogP contribution < -0.4 is 5.73 Å². The molecule has 0 amide bonds. The molecule has 3 N–H and O–H groups in total. The van der Waals surface area contributed by atoms with Crippen molar-refractivity contribution in [2.24, 2.45) is 5.73 Å². The number of carbonyl (C=O) groups is 1.